The van der Waals surface area contributed by atoms with E-state index in [1.807, 2.05) is 18.9 Å². The summed E-state index contributed by atoms with van der Waals surface area (Å²) in [4.78, 5) is 13.3. The topological polar surface area (TPSA) is 48.0 Å². The Kier molecular flexibility index (Phi) is 4.59. The van der Waals surface area contributed by atoms with Gasteiger partial charge in [0.05, 0.1) is 25.9 Å². The van der Waals surface area contributed by atoms with E-state index in [0.29, 0.717) is 26.3 Å². The Morgan fingerprint density at radius 1 is 1.44 bits per heavy atom. The molecule has 0 bridgehead atoms. The number of hydrogen-bond acceptors (Lipinski definition) is 5. The predicted octanol–water partition coefficient (Wildman–Crippen LogP) is 1.17. The van der Waals surface area contributed by atoms with Crippen LogP contribution in [0.1, 0.15) is 32.6 Å². The van der Waals surface area contributed by atoms with Gasteiger partial charge in [0, 0.05) is 19.4 Å². The summed E-state index contributed by atoms with van der Waals surface area (Å²) in [5, 5.41) is 0. The summed E-state index contributed by atoms with van der Waals surface area (Å²) < 4.78 is 16.7. The van der Waals surface area contributed by atoms with Crippen molar-refractivity contribution in [2.24, 2.45) is 0 Å². The zero-order valence-electron chi connectivity index (χ0n) is 11.3. The Morgan fingerprint density at radius 3 is 2.83 bits per heavy atom. The van der Waals surface area contributed by atoms with E-state index in [0.717, 1.165) is 12.8 Å². The van der Waals surface area contributed by atoms with Crippen molar-refractivity contribution in [2.75, 3.05) is 33.4 Å². The van der Waals surface area contributed by atoms with Crippen LogP contribution in [0.4, 0.5) is 0 Å². The van der Waals surface area contributed by atoms with Gasteiger partial charge in [-0.1, -0.05) is 0 Å². The van der Waals surface area contributed by atoms with Crippen LogP contribution in [0.15, 0.2) is 0 Å². The first-order valence-corrected chi connectivity index (χ1v) is 6.79. The van der Waals surface area contributed by atoms with Crippen LogP contribution in [0.3, 0.4) is 0 Å². The summed E-state index contributed by atoms with van der Waals surface area (Å²) in [6, 6.07) is 0. The molecule has 5 nitrogen and oxygen atoms in total. The molecule has 0 aromatic heterocycles. The predicted molar refractivity (Wildman–Crippen MR) is 66.2 cm³/mol. The van der Waals surface area contributed by atoms with Gasteiger partial charge < -0.3 is 14.2 Å². The van der Waals surface area contributed by atoms with E-state index in [4.69, 9.17) is 14.2 Å². The first-order valence-electron chi connectivity index (χ1n) is 6.79. The molecule has 1 spiro atoms. The van der Waals surface area contributed by atoms with Gasteiger partial charge in [0.25, 0.3) is 0 Å². The maximum Gasteiger partial charge on any atom is 0.320 e. The SMILES string of the molecule is CCOC(=O)CN(C)CC1COC2(CCCC2)O1. The Hall–Kier alpha value is -0.650. The molecule has 0 N–H and O–H groups in total. The molecule has 18 heavy (non-hydrogen) atoms. The quantitative estimate of drug-likeness (QED) is 0.692. The maximum absolute atomic E-state index is 11.3. The van der Waals surface area contributed by atoms with Crippen LogP contribution in [0.5, 0.6) is 0 Å². The molecular formula is C13H23NO4. The van der Waals surface area contributed by atoms with E-state index in [-0.39, 0.29) is 17.9 Å². The van der Waals surface area contributed by atoms with Crippen molar-refractivity contribution in [3.8, 4) is 0 Å². The van der Waals surface area contributed by atoms with Crippen molar-refractivity contribution in [3.63, 3.8) is 0 Å². The van der Waals surface area contributed by atoms with E-state index >= 15 is 0 Å². The highest BCUT2D eigenvalue weighted by atomic mass is 16.7. The highest BCUT2D eigenvalue weighted by Crippen LogP contribution is 2.39. The largest absolute Gasteiger partial charge is 0.465 e. The number of rotatable bonds is 5. The second-order valence-electron chi connectivity index (χ2n) is 5.17. The van der Waals surface area contributed by atoms with Gasteiger partial charge in [-0.15, -0.1) is 0 Å². The van der Waals surface area contributed by atoms with E-state index in [2.05, 4.69) is 0 Å². The number of likely N-dealkylation sites (N-methyl/N-ethyl adjacent to an activating group) is 1. The molecular weight excluding hydrogens is 234 g/mol. The van der Waals surface area contributed by atoms with Crippen molar-refractivity contribution < 1.29 is 19.0 Å². The van der Waals surface area contributed by atoms with Gasteiger partial charge in [-0.3, -0.25) is 9.69 Å². The molecule has 1 aliphatic heterocycles. The second-order valence-corrected chi connectivity index (χ2v) is 5.17. The van der Waals surface area contributed by atoms with Crippen LogP contribution >= 0.6 is 0 Å². The third-order valence-electron chi connectivity index (χ3n) is 3.50. The normalized spacial score (nSPS) is 26.1. The number of nitrogens with zero attached hydrogens (tertiary/aromatic N) is 1. The fraction of sp³-hybridized carbons (Fsp3) is 0.923. The van der Waals surface area contributed by atoms with Crippen molar-refractivity contribution >= 4 is 5.97 Å². The van der Waals surface area contributed by atoms with E-state index in [1.165, 1.54) is 12.8 Å². The molecule has 1 unspecified atom stereocenters. The standard InChI is InChI=1S/C13H23NO4/c1-3-16-12(15)9-14(2)8-11-10-17-13(18-11)6-4-5-7-13/h11H,3-10H2,1-2H3. The molecule has 0 amide bonds. The number of hydrogen-bond donors (Lipinski definition) is 0. The van der Waals surface area contributed by atoms with Gasteiger partial charge in [-0.25, -0.2) is 0 Å². The Labute approximate surface area is 108 Å². The molecule has 1 heterocycles. The molecule has 2 fully saturated rings. The van der Waals surface area contributed by atoms with Crippen LogP contribution in [-0.4, -0.2) is 56.1 Å². The van der Waals surface area contributed by atoms with Crippen molar-refractivity contribution in [1.29, 1.82) is 0 Å². The molecule has 0 aromatic carbocycles. The van der Waals surface area contributed by atoms with Crippen LogP contribution in [0.2, 0.25) is 0 Å². The van der Waals surface area contributed by atoms with Crippen LogP contribution in [0, 0.1) is 0 Å². The van der Waals surface area contributed by atoms with Gasteiger partial charge in [-0.05, 0) is 26.8 Å². The molecule has 104 valence electrons. The average molecular weight is 257 g/mol. The highest BCUT2D eigenvalue weighted by molar-refractivity contribution is 5.71. The van der Waals surface area contributed by atoms with Crippen molar-refractivity contribution in [1.82, 2.24) is 4.90 Å². The maximum atomic E-state index is 11.3. The minimum absolute atomic E-state index is 0.0718. The minimum atomic E-state index is -0.310. The zero-order chi connectivity index (χ0) is 13.0. The van der Waals surface area contributed by atoms with Crippen molar-refractivity contribution in [2.45, 2.75) is 44.5 Å². The molecule has 1 atom stereocenters. The summed E-state index contributed by atoms with van der Waals surface area (Å²) in [7, 11) is 1.90. The third-order valence-corrected chi connectivity index (χ3v) is 3.50. The summed E-state index contributed by atoms with van der Waals surface area (Å²) in [6.45, 7) is 3.89. The van der Waals surface area contributed by atoms with Crippen LogP contribution in [-0.2, 0) is 19.0 Å². The summed E-state index contributed by atoms with van der Waals surface area (Å²) in [5.74, 6) is -0.496. The average Bonchev–Trinajstić information content (AvgIpc) is 2.90. The van der Waals surface area contributed by atoms with Gasteiger partial charge in [0.2, 0.25) is 0 Å². The lowest BCUT2D eigenvalue weighted by molar-refractivity contribution is -0.163. The molecule has 5 heteroatoms. The number of carbonyl (C=O) groups excluding carboxylic acids is 1. The summed E-state index contributed by atoms with van der Waals surface area (Å²) in [6.07, 6.45) is 4.45. The molecule has 2 rings (SSSR count). The molecule has 1 saturated heterocycles. The van der Waals surface area contributed by atoms with E-state index < -0.39 is 0 Å². The minimum Gasteiger partial charge on any atom is -0.465 e. The Morgan fingerprint density at radius 2 is 2.17 bits per heavy atom. The van der Waals surface area contributed by atoms with E-state index in [1.54, 1.807) is 0 Å². The Balaban J connectivity index is 1.72. The van der Waals surface area contributed by atoms with Crippen LogP contribution in [0.25, 0.3) is 0 Å². The first kappa shape index (κ1) is 13.8. The smallest absolute Gasteiger partial charge is 0.320 e. The fourth-order valence-electron chi connectivity index (χ4n) is 2.72. The van der Waals surface area contributed by atoms with Gasteiger partial charge in [0.1, 0.15) is 0 Å². The number of esters is 1. The monoisotopic (exact) mass is 257 g/mol. The summed E-state index contributed by atoms with van der Waals surface area (Å²) >= 11 is 0. The lowest BCUT2D eigenvalue weighted by Gasteiger charge is -2.23. The van der Waals surface area contributed by atoms with Gasteiger partial charge in [-0.2, -0.15) is 0 Å². The Bertz CT molecular complexity index is 289. The van der Waals surface area contributed by atoms with Gasteiger partial charge in [0.15, 0.2) is 5.79 Å². The molecule has 0 radical (unpaired) electrons. The lowest BCUT2D eigenvalue weighted by Crippen LogP contribution is -2.36. The van der Waals surface area contributed by atoms with Gasteiger partial charge >= 0.3 is 5.97 Å². The third kappa shape index (κ3) is 3.43. The molecule has 2 aliphatic rings. The van der Waals surface area contributed by atoms with Crippen LogP contribution < -0.4 is 0 Å². The summed E-state index contributed by atoms with van der Waals surface area (Å²) in [5.41, 5.74) is 0. The first-order chi connectivity index (χ1) is 8.63. The second kappa shape index (κ2) is 5.99. The number of ether oxygens (including phenoxy) is 3. The molecule has 0 aromatic rings. The van der Waals surface area contributed by atoms with Crippen molar-refractivity contribution in [3.05, 3.63) is 0 Å². The molecule has 1 saturated carbocycles. The molecule has 1 aliphatic carbocycles. The highest BCUT2D eigenvalue weighted by Gasteiger charge is 2.43. The number of carbonyl (C=O) groups is 1. The zero-order valence-corrected chi connectivity index (χ0v) is 11.3. The lowest BCUT2D eigenvalue weighted by atomic mass is 10.2. The van der Waals surface area contributed by atoms with E-state index in [9.17, 15) is 4.79 Å². The fourth-order valence-corrected chi connectivity index (χ4v) is 2.72.